The van der Waals surface area contributed by atoms with Crippen LogP contribution in [-0.2, 0) is 0 Å². The maximum Gasteiger partial charge on any atom is 0.160 e. The third-order valence-electron chi connectivity index (χ3n) is 1.71. The molecule has 0 bridgehead atoms. The van der Waals surface area contributed by atoms with E-state index >= 15 is 0 Å². The Morgan fingerprint density at radius 3 is 2.64 bits per heavy atom. The van der Waals surface area contributed by atoms with Crippen molar-refractivity contribution in [1.82, 2.24) is 24.7 Å². The first-order valence-electron chi connectivity index (χ1n) is 4.05. The molecule has 0 unspecified atom stereocenters. The highest BCUT2D eigenvalue weighted by atomic mass is 35.5. The van der Waals surface area contributed by atoms with Gasteiger partial charge < -0.3 is 0 Å². The molecule has 2 heterocycles. The first-order chi connectivity index (χ1) is 6.66. The van der Waals surface area contributed by atoms with Gasteiger partial charge in [0, 0.05) is 6.07 Å². The summed E-state index contributed by atoms with van der Waals surface area (Å²) >= 11 is 5.74. The van der Waals surface area contributed by atoms with Crippen molar-refractivity contribution in [3.8, 4) is 5.82 Å². The minimum Gasteiger partial charge on any atom is -0.224 e. The van der Waals surface area contributed by atoms with E-state index in [0.717, 1.165) is 5.82 Å². The number of rotatable bonds is 1. The van der Waals surface area contributed by atoms with Gasteiger partial charge in [-0.25, -0.2) is 15.0 Å². The van der Waals surface area contributed by atoms with Crippen molar-refractivity contribution >= 4 is 11.6 Å². The molecule has 0 aromatic carbocycles. The van der Waals surface area contributed by atoms with Gasteiger partial charge in [0.2, 0.25) is 0 Å². The molecule has 0 aliphatic rings. The Bertz CT molecular complexity index is 465. The fraction of sp³-hybridized carbons (Fsp3) is 0.250. The largest absolute Gasteiger partial charge is 0.224 e. The van der Waals surface area contributed by atoms with Gasteiger partial charge in [0.1, 0.15) is 23.1 Å². The summed E-state index contributed by atoms with van der Waals surface area (Å²) in [7, 11) is 0. The molecule has 0 radical (unpaired) electrons. The Balaban J connectivity index is 2.54. The predicted molar refractivity (Wildman–Crippen MR) is 51.4 cm³/mol. The third-order valence-corrected chi connectivity index (χ3v) is 1.92. The van der Waals surface area contributed by atoms with Crippen LogP contribution in [0.4, 0.5) is 0 Å². The molecule has 0 saturated heterocycles. The van der Waals surface area contributed by atoms with Crippen LogP contribution in [0.3, 0.4) is 0 Å². The molecule has 2 aromatic heterocycles. The zero-order valence-corrected chi connectivity index (χ0v) is 8.52. The average Bonchev–Trinajstić information content (AvgIpc) is 2.45. The van der Waals surface area contributed by atoms with Gasteiger partial charge in [-0.3, -0.25) is 0 Å². The van der Waals surface area contributed by atoms with Gasteiger partial charge in [-0.1, -0.05) is 11.6 Å². The number of hydrogen-bond acceptors (Lipinski definition) is 4. The van der Waals surface area contributed by atoms with E-state index in [1.54, 1.807) is 10.7 Å². The molecule has 0 spiro atoms. The summed E-state index contributed by atoms with van der Waals surface area (Å²) in [5.74, 6) is 2.11. The van der Waals surface area contributed by atoms with Crippen LogP contribution in [-0.4, -0.2) is 24.7 Å². The summed E-state index contributed by atoms with van der Waals surface area (Å²) < 4.78 is 1.63. The summed E-state index contributed by atoms with van der Waals surface area (Å²) in [4.78, 5) is 12.0. The van der Waals surface area contributed by atoms with E-state index in [2.05, 4.69) is 20.1 Å². The number of aromatic nitrogens is 5. The van der Waals surface area contributed by atoms with E-state index in [9.17, 15) is 0 Å². The van der Waals surface area contributed by atoms with Crippen LogP contribution in [0.15, 0.2) is 12.4 Å². The smallest absolute Gasteiger partial charge is 0.160 e. The Morgan fingerprint density at radius 2 is 2.07 bits per heavy atom. The first kappa shape index (κ1) is 9.08. The van der Waals surface area contributed by atoms with Crippen molar-refractivity contribution in [3.05, 3.63) is 29.2 Å². The molecule has 0 aliphatic heterocycles. The van der Waals surface area contributed by atoms with Gasteiger partial charge in [-0.15, -0.1) is 5.10 Å². The van der Waals surface area contributed by atoms with Crippen molar-refractivity contribution in [2.24, 2.45) is 0 Å². The van der Waals surface area contributed by atoms with Gasteiger partial charge in [-0.05, 0) is 13.8 Å². The minimum atomic E-state index is 0.391. The normalized spacial score (nSPS) is 10.5. The summed E-state index contributed by atoms with van der Waals surface area (Å²) in [5, 5.41) is 4.57. The van der Waals surface area contributed by atoms with Gasteiger partial charge in [0.15, 0.2) is 5.82 Å². The Kier molecular flexibility index (Phi) is 2.17. The summed E-state index contributed by atoms with van der Waals surface area (Å²) in [6, 6.07) is 1.64. The Hall–Kier alpha value is -1.49. The molecule has 2 aromatic rings. The van der Waals surface area contributed by atoms with Gasteiger partial charge >= 0.3 is 0 Å². The molecule has 0 amide bonds. The zero-order valence-electron chi connectivity index (χ0n) is 7.77. The van der Waals surface area contributed by atoms with E-state index in [1.807, 2.05) is 13.8 Å². The summed E-state index contributed by atoms with van der Waals surface area (Å²) in [5.41, 5.74) is 0. The summed E-state index contributed by atoms with van der Waals surface area (Å²) in [6.07, 6.45) is 1.40. The number of aryl methyl sites for hydroxylation is 2. The quantitative estimate of drug-likeness (QED) is 0.665. The second-order valence-corrected chi connectivity index (χ2v) is 3.20. The average molecular weight is 210 g/mol. The first-order valence-corrected chi connectivity index (χ1v) is 4.43. The SMILES string of the molecule is Cc1nc(C)n(-c2cc(Cl)ncn2)n1. The Labute approximate surface area is 85.8 Å². The highest BCUT2D eigenvalue weighted by Gasteiger charge is 2.06. The maximum absolute atomic E-state index is 5.74. The lowest BCUT2D eigenvalue weighted by atomic mass is 10.5. The van der Waals surface area contributed by atoms with Crippen LogP contribution in [0.25, 0.3) is 5.82 Å². The van der Waals surface area contributed by atoms with Crippen molar-refractivity contribution in [3.63, 3.8) is 0 Å². The van der Waals surface area contributed by atoms with Crippen LogP contribution >= 0.6 is 11.6 Å². The van der Waals surface area contributed by atoms with Crippen molar-refractivity contribution in [1.29, 1.82) is 0 Å². The fourth-order valence-corrected chi connectivity index (χ4v) is 1.32. The monoisotopic (exact) mass is 209 g/mol. The van der Waals surface area contributed by atoms with E-state index in [1.165, 1.54) is 6.33 Å². The predicted octanol–water partition coefficient (Wildman–Crippen LogP) is 1.33. The number of hydrogen-bond donors (Lipinski definition) is 0. The molecule has 6 heteroatoms. The highest BCUT2D eigenvalue weighted by molar-refractivity contribution is 6.29. The van der Waals surface area contributed by atoms with E-state index in [0.29, 0.717) is 16.8 Å². The molecule has 2 rings (SSSR count). The standard InChI is InChI=1S/C8H8ClN5/c1-5-12-6(2)14(13-5)8-3-7(9)10-4-11-8/h3-4H,1-2H3. The lowest BCUT2D eigenvalue weighted by molar-refractivity contribution is 0.798. The topological polar surface area (TPSA) is 56.5 Å². The molecule has 5 nitrogen and oxygen atoms in total. The Morgan fingerprint density at radius 1 is 1.29 bits per heavy atom. The maximum atomic E-state index is 5.74. The number of nitrogens with zero attached hydrogens (tertiary/aromatic N) is 5. The van der Waals surface area contributed by atoms with Crippen LogP contribution < -0.4 is 0 Å². The van der Waals surface area contributed by atoms with Crippen molar-refractivity contribution in [2.45, 2.75) is 13.8 Å². The lowest BCUT2D eigenvalue weighted by Crippen LogP contribution is -2.02. The highest BCUT2D eigenvalue weighted by Crippen LogP contribution is 2.09. The van der Waals surface area contributed by atoms with Crippen LogP contribution in [0, 0.1) is 13.8 Å². The molecular weight excluding hydrogens is 202 g/mol. The fourth-order valence-electron chi connectivity index (χ4n) is 1.18. The molecule has 0 N–H and O–H groups in total. The van der Waals surface area contributed by atoms with Crippen molar-refractivity contribution < 1.29 is 0 Å². The molecule has 0 aliphatic carbocycles. The second kappa shape index (κ2) is 3.34. The van der Waals surface area contributed by atoms with Gasteiger partial charge in [0.25, 0.3) is 0 Å². The summed E-state index contributed by atoms with van der Waals surface area (Å²) in [6.45, 7) is 3.68. The molecular formula is C8H8ClN5. The van der Waals surface area contributed by atoms with Crippen LogP contribution in [0.5, 0.6) is 0 Å². The molecule has 0 fully saturated rings. The van der Waals surface area contributed by atoms with Gasteiger partial charge in [0.05, 0.1) is 0 Å². The van der Waals surface area contributed by atoms with E-state index < -0.39 is 0 Å². The molecule has 72 valence electrons. The third kappa shape index (κ3) is 1.58. The lowest BCUT2D eigenvalue weighted by Gasteiger charge is -2.00. The van der Waals surface area contributed by atoms with Gasteiger partial charge in [-0.2, -0.15) is 4.68 Å². The van der Waals surface area contributed by atoms with E-state index in [-0.39, 0.29) is 0 Å². The van der Waals surface area contributed by atoms with Crippen LogP contribution in [0.2, 0.25) is 5.15 Å². The van der Waals surface area contributed by atoms with Crippen LogP contribution in [0.1, 0.15) is 11.6 Å². The molecule has 14 heavy (non-hydrogen) atoms. The number of halogens is 1. The van der Waals surface area contributed by atoms with E-state index in [4.69, 9.17) is 11.6 Å². The molecule has 0 saturated carbocycles. The minimum absolute atomic E-state index is 0.391. The van der Waals surface area contributed by atoms with Crippen molar-refractivity contribution in [2.75, 3.05) is 0 Å². The zero-order chi connectivity index (χ0) is 10.1. The second-order valence-electron chi connectivity index (χ2n) is 2.82. The molecule has 0 atom stereocenters.